The molecule has 0 spiro atoms. The Bertz CT molecular complexity index is 793. The third kappa shape index (κ3) is 3.39. The third-order valence-corrected chi connectivity index (χ3v) is 3.20. The van der Waals surface area contributed by atoms with Crippen LogP contribution in [0.1, 0.15) is 5.56 Å². The number of non-ortho nitro benzene ring substituents is 1. The summed E-state index contributed by atoms with van der Waals surface area (Å²) >= 11 is 0. The van der Waals surface area contributed by atoms with Crippen LogP contribution in [0.15, 0.2) is 48.5 Å². The number of nitro groups is 1. The van der Waals surface area contributed by atoms with Gasteiger partial charge in [-0.25, -0.2) is 0 Å². The number of nitrogens with zero attached hydrogens (tertiary/aromatic N) is 4. The monoisotopic (exact) mass is 312 g/mol. The van der Waals surface area contributed by atoms with Crippen LogP contribution in [0, 0.1) is 10.1 Å². The van der Waals surface area contributed by atoms with Crippen LogP contribution < -0.4 is 4.90 Å². The van der Waals surface area contributed by atoms with Crippen LogP contribution >= 0.6 is 0 Å². The number of phenolic OH excluding ortho intramolecular Hbond substituents is 1. The molecule has 8 heteroatoms. The fraction of sp³-hybridized carbons (Fsp3) is 0.0667. The van der Waals surface area contributed by atoms with E-state index in [1.807, 2.05) is 0 Å². The molecular weight excluding hydrogens is 300 g/mol. The number of amides is 1. The van der Waals surface area contributed by atoms with Gasteiger partial charge in [-0.2, -0.15) is 4.79 Å². The first-order valence-corrected chi connectivity index (χ1v) is 6.48. The lowest BCUT2D eigenvalue weighted by Gasteiger charge is -2.14. The van der Waals surface area contributed by atoms with Crippen LogP contribution in [0.4, 0.5) is 11.4 Å². The summed E-state index contributed by atoms with van der Waals surface area (Å²) in [6, 6.07) is 11.0. The van der Waals surface area contributed by atoms with Gasteiger partial charge in [-0.05, 0) is 36.4 Å². The Kier molecular flexibility index (Phi) is 4.49. The average Bonchev–Trinajstić information content (AvgIpc) is 2.56. The molecule has 0 unspecified atom stereocenters. The molecule has 0 aliphatic rings. The van der Waals surface area contributed by atoms with Crippen LogP contribution in [0.5, 0.6) is 5.75 Å². The molecule has 0 heterocycles. The second-order valence-electron chi connectivity index (χ2n) is 4.63. The van der Waals surface area contributed by atoms with Gasteiger partial charge in [0.25, 0.3) is 5.69 Å². The summed E-state index contributed by atoms with van der Waals surface area (Å²) in [6.45, 7) is 0. The van der Waals surface area contributed by atoms with E-state index in [1.165, 1.54) is 60.5 Å². The Balaban J connectivity index is 2.29. The van der Waals surface area contributed by atoms with Crippen molar-refractivity contribution in [2.24, 2.45) is 0 Å². The third-order valence-electron chi connectivity index (χ3n) is 3.20. The Labute approximate surface area is 131 Å². The molecule has 8 nitrogen and oxygen atoms in total. The van der Waals surface area contributed by atoms with Crippen LogP contribution in [-0.2, 0) is 4.79 Å². The largest absolute Gasteiger partial charge is 0.508 e. The smallest absolute Gasteiger partial charge is 0.386 e. The second kappa shape index (κ2) is 6.50. The predicted octanol–water partition coefficient (Wildman–Crippen LogP) is 1.98. The molecule has 116 valence electrons. The number of carbonyl (C=O) groups is 1. The molecule has 0 aliphatic heterocycles. The highest BCUT2D eigenvalue weighted by Crippen LogP contribution is 2.19. The van der Waals surface area contributed by atoms with E-state index in [9.17, 15) is 20.0 Å². The number of hydrogen-bond acceptors (Lipinski definition) is 4. The highest BCUT2D eigenvalue weighted by Gasteiger charge is 2.27. The van der Waals surface area contributed by atoms with Crippen molar-refractivity contribution in [3.63, 3.8) is 0 Å². The molecule has 0 bridgehead atoms. The quantitative estimate of drug-likeness (QED) is 0.305. The van der Waals surface area contributed by atoms with Gasteiger partial charge in [0.15, 0.2) is 0 Å². The molecule has 0 aromatic heterocycles. The van der Waals surface area contributed by atoms with Crippen molar-refractivity contribution in [3.8, 4) is 5.75 Å². The zero-order chi connectivity index (χ0) is 17.0. The Morgan fingerprint density at radius 2 is 1.74 bits per heavy atom. The van der Waals surface area contributed by atoms with Crippen molar-refractivity contribution in [1.82, 2.24) is 0 Å². The van der Waals surface area contributed by atoms with Crippen molar-refractivity contribution >= 4 is 23.0 Å². The number of nitro benzene ring substituents is 1. The van der Waals surface area contributed by atoms with Crippen LogP contribution in [0.2, 0.25) is 0 Å². The van der Waals surface area contributed by atoms with E-state index in [0.717, 1.165) is 0 Å². The highest BCUT2D eigenvalue weighted by molar-refractivity contribution is 6.47. The van der Waals surface area contributed by atoms with Gasteiger partial charge in [0.2, 0.25) is 0 Å². The molecule has 2 rings (SSSR count). The van der Waals surface area contributed by atoms with Crippen LogP contribution in [0.3, 0.4) is 0 Å². The van der Waals surface area contributed by atoms with Crippen molar-refractivity contribution < 1.29 is 19.6 Å². The van der Waals surface area contributed by atoms with E-state index in [-0.39, 0.29) is 22.7 Å². The van der Waals surface area contributed by atoms with Gasteiger partial charge < -0.3 is 15.5 Å². The number of anilines is 1. The summed E-state index contributed by atoms with van der Waals surface area (Å²) in [5.74, 6) is -0.548. The SMILES string of the molecule is CN(C(=O)C(=[N+]=[N-])c1ccc([N+](=O)[O-])cc1)c1ccc(O)cc1. The molecule has 0 atom stereocenters. The molecule has 23 heavy (non-hydrogen) atoms. The minimum atomic E-state index is -0.605. The van der Waals surface area contributed by atoms with Gasteiger partial charge in [0.1, 0.15) is 5.75 Å². The molecule has 1 N–H and O–H groups in total. The summed E-state index contributed by atoms with van der Waals surface area (Å²) < 4.78 is 0. The van der Waals surface area contributed by atoms with E-state index in [2.05, 4.69) is 4.79 Å². The maximum absolute atomic E-state index is 12.4. The van der Waals surface area contributed by atoms with Gasteiger partial charge in [-0.3, -0.25) is 14.9 Å². The second-order valence-corrected chi connectivity index (χ2v) is 4.63. The van der Waals surface area contributed by atoms with E-state index in [4.69, 9.17) is 5.53 Å². The molecule has 2 aromatic rings. The molecule has 0 aliphatic carbocycles. The molecule has 2 aromatic carbocycles. The summed E-state index contributed by atoms with van der Waals surface area (Å²) in [5.41, 5.74) is 9.47. The molecular formula is C15H12N4O4. The van der Waals surface area contributed by atoms with Gasteiger partial charge in [-0.15, -0.1) is 0 Å². The van der Waals surface area contributed by atoms with Gasteiger partial charge in [-0.1, -0.05) is 0 Å². The number of likely N-dealkylation sites (N-methyl/N-ethyl adjacent to an activating group) is 1. The standard InChI is InChI=1S/C15H12N4O4/c1-18(11-6-8-13(20)9-7-11)15(21)14(17-16)10-2-4-12(5-3-10)19(22)23/h2-9,20H,1H3. The van der Waals surface area contributed by atoms with E-state index in [0.29, 0.717) is 5.69 Å². The zero-order valence-corrected chi connectivity index (χ0v) is 12.1. The van der Waals surface area contributed by atoms with Gasteiger partial charge >= 0.3 is 11.6 Å². The average molecular weight is 312 g/mol. The minimum Gasteiger partial charge on any atom is -0.508 e. The first-order valence-electron chi connectivity index (χ1n) is 6.48. The predicted molar refractivity (Wildman–Crippen MR) is 82.3 cm³/mol. The molecule has 0 fully saturated rings. The van der Waals surface area contributed by atoms with Gasteiger partial charge in [0.05, 0.1) is 10.5 Å². The molecule has 0 saturated heterocycles. The topological polar surface area (TPSA) is 120 Å². The molecule has 0 saturated carbocycles. The highest BCUT2D eigenvalue weighted by atomic mass is 16.6. The summed E-state index contributed by atoms with van der Waals surface area (Å²) in [4.78, 5) is 26.7. The number of hydrogen-bond donors (Lipinski definition) is 1. The van der Waals surface area contributed by atoms with Crippen LogP contribution in [-0.4, -0.2) is 33.5 Å². The zero-order valence-electron chi connectivity index (χ0n) is 12.1. The lowest BCUT2D eigenvalue weighted by Crippen LogP contribution is -2.34. The fourth-order valence-electron chi connectivity index (χ4n) is 1.92. The summed E-state index contributed by atoms with van der Waals surface area (Å²) in [5, 5.41) is 19.9. The minimum absolute atomic E-state index is 0.0565. The van der Waals surface area contributed by atoms with Gasteiger partial charge in [0, 0.05) is 24.9 Å². The first kappa shape index (κ1) is 15.9. The van der Waals surface area contributed by atoms with Crippen LogP contribution in [0.25, 0.3) is 5.53 Å². The Hall–Kier alpha value is -3.51. The normalized spacial score (nSPS) is 9.78. The van der Waals surface area contributed by atoms with E-state index < -0.39 is 10.8 Å². The lowest BCUT2D eigenvalue weighted by molar-refractivity contribution is -0.384. The van der Waals surface area contributed by atoms with Crippen molar-refractivity contribution in [2.45, 2.75) is 0 Å². The lowest BCUT2D eigenvalue weighted by atomic mass is 10.1. The number of rotatable bonds is 4. The maximum Gasteiger partial charge on any atom is 0.386 e. The summed E-state index contributed by atoms with van der Waals surface area (Å²) in [7, 11) is 1.48. The number of carbonyl (C=O) groups excluding carboxylic acids is 1. The Morgan fingerprint density at radius 1 is 1.17 bits per heavy atom. The summed E-state index contributed by atoms with van der Waals surface area (Å²) in [6.07, 6.45) is 0. The first-order chi connectivity index (χ1) is 10.9. The van der Waals surface area contributed by atoms with E-state index in [1.54, 1.807) is 0 Å². The molecule has 1 amide bonds. The fourth-order valence-corrected chi connectivity index (χ4v) is 1.92. The van der Waals surface area contributed by atoms with E-state index >= 15 is 0 Å². The van der Waals surface area contributed by atoms with Crippen molar-refractivity contribution in [1.29, 1.82) is 0 Å². The van der Waals surface area contributed by atoms with Crippen molar-refractivity contribution in [2.75, 3.05) is 11.9 Å². The molecule has 0 radical (unpaired) electrons. The number of phenols is 1. The van der Waals surface area contributed by atoms with Crippen molar-refractivity contribution in [3.05, 3.63) is 69.7 Å². The Morgan fingerprint density at radius 3 is 2.22 bits per heavy atom. The number of aromatic hydroxyl groups is 1. The maximum atomic E-state index is 12.4. The number of benzene rings is 2.